The summed E-state index contributed by atoms with van der Waals surface area (Å²) >= 11 is 0. The molecule has 0 saturated heterocycles. The Morgan fingerprint density at radius 1 is 0.690 bits per heavy atom. The van der Waals surface area contributed by atoms with E-state index >= 15 is 0 Å². The molecule has 0 saturated carbocycles. The summed E-state index contributed by atoms with van der Waals surface area (Å²) in [4.78, 5) is 17.5. The lowest BCUT2D eigenvalue weighted by molar-refractivity contribution is -0.869. The smallest absolute Gasteiger partial charge is 0.333 e. The molecule has 0 bridgehead atoms. The van der Waals surface area contributed by atoms with Crippen molar-refractivity contribution < 1.29 is 33.4 Å². The Balaban J connectivity index is 0. The summed E-state index contributed by atoms with van der Waals surface area (Å²) in [5.41, 5.74) is -0.553. The van der Waals surface area contributed by atoms with Crippen LogP contribution in [0.5, 0.6) is 0 Å². The van der Waals surface area contributed by atoms with Gasteiger partial charge in [-0.2, -0.15) is 0 Å². The lowest BCUT2D eigenvalue weighted by Gasteiger charge is -2.27. The molecule has 0 aliphatic carbocycles. The van der Waals surface area contributed by atoms with Crippen molar-refractivity contribution in [3.05, 3.63) is 24.3 Å². The number of hydrogen-bond donors (Lipinski definition) is 3. The zero-order valence-corrected chi connectivity index (χ0v) is 29.4. The molecular weight excluding hydrogens is 549 g/mol. The van der Waals surface area contributed by atoms with Crippen LogP contribution < -0.4 is 0 Å². The highest BCUT2D eigenvalue weighted by atomic mass is 31.2. The van der Waals surface area contributed by atoms with Crippen LogP contribution in [0.15, 0.2) is 24.3 Å². The van der Waals surface area contributed by atoms with Gasteiger partial charge in [-0.25, -0.2) is 0 Å². The minimum Gasteiger partial charge on any atom is -0.388 e. The summed E-state index contributed by atoms with van der Waals surface area (Å²) < 4.78 is 21.6. The molecule has 0 aliphatic rings. The van der Waals surface area contributed by atoms with Crippen LogP contribution in [-0.4, -0.2) is 85.8 Å². The van der Waals surface area contributed by atoms with Crippen LogP contribution in [0.3, 0.4) is 0 Å². The van der Waals surface area contributed by atoms with Crippen LogP contribution in [0.4, 0.5) is 0 Å². The number of aliphatic hydroxyl groups excluding tert-OH is 1. The molecule has 252 valence electrons. The van der Waals surface area contributed by atoms with E-state index < -0.39 is 19.4 Å². The van der Waals surface area contributed by atoms with Gasteiger partial charge in [0.2, 0.25) is 0 Å². The second-order valence-corrected chi connectivity index (χ2v) is 14.8. The van der Waals surface area contributed by atoms with Gasteiger partial charge in [0.05, 0.1) is 40.9 Å². The van der Waals surface area contributed by atoms with E-state index in [1.165, 1.54) is 109 Å². The standard InChI is InChI=1S/C28H54O3.C6H16NO3P/c1-3-4-5-6-7-8-9-10-11-12-13-14-15-16-17-18-19-20-21-22-23-24-25-31-27-28(29)26-30-2;1-6(11(8,9)10)5-7(2,3)4/h7-8,19-20,28-29H,3-6,9-18,21-27H2,1-2H3;6H,5H2,1-4H3,(H-,8,9,10)/p+1/b8-7-,20-19-;/t28-;/m0./s1. The summed E-state index contributed by atoms with van der Waals surface area (Å²) in [5, 5.41) is 9.47. The molecule has 0 radical (unpaired) electrons. The number of unbranched alkanes of at least 4 members (excludes halogenated alkanes) is 15. The first-order valence-electron chi connectivity index (χ1n) is 16.8. The van der Waals surface area contributed by atoms with Crippen molar-refractivity contribution in [3.63, 3.8) is 0 Å². The summed E-state index contributed by atoms with van der Waals surface area (Å²) in [7, 11) is 3.45. The van der Waals surface area contributed by atoms with E-state index in [-0.39, 0.29) is 0 Å². The predicted octanol–water partition coefficient (Wildman–Crippen LogP) is 8.42. The third-order valence-corrected chi connectivity index (χ3v) is 8.33. The van der Waals surface area contributed by atoms with Crippen LogP contribution >= 0.6 is 7.60 Å². The van der Waals surface area contributed by atoms with Gasteiger partial charge in [0.15, 0.2) is 0 Å². The SMILES string of the molecule is CC(C[N+](C)(C)C)P(=O)(O)O.CCCCC/C=C\CCCCCCCCCC/C=C\CCCCCOC[C@@H](O)COC. The second kappa shape index (κ2) is 30.5. The van der Waals surface area contributed by atoms with Gasteiger partial charge in [-0.15, -0.1) is 0 Å². The topological polar surface area (TPSA) is 96.2 Å². The van der Waals surface area contributed by atoms with E-state index in [0.29, 0.717) is 24.2 Å². The predicted molar refractivity (Wildman–Crippen MR) is 180 cm³/mol. The van der Waals surface area contributed by atoms with Gasteiger partial charge in [0.25, 0.3) is 0 Å². The Labute approximate surface area is 260 Å². The molecule has 3 N–H and O–H groups in total. The monoisotopic (exact) mass is 621 g/mol. The summed E-state index contributed by atoms with van der Waals surface area (Å²) in [5.74, 6) is 0. The van der Waals surface area contributed by atoms with Crippen molar-refractivity contribution >= 4 is 7.60 Å². The van der Waals surface area contributed by atoms with E-state index in [0.717, 1.165) is 13.0 Å². The first-order valence-corrected chi connectivity index (χ1v) is 18.5. The van der Waals surface area contributed by atoms with E-state index in [2.05, 4.69) is 31.2 Å². The maximum Gasteiger partial charge on any atom is 0.333 e. The Bertz CT molecular complexity index is 659. The van der Waals surface area contributed by atoms with Crippen LogP contribution in [0, 0.1) is 0 Å². The highest BCUT2D eigenvalue weighted by molar-refractivity contribution is 7.52. The quantitative estimate of drug-likeness (QED) is 0.0352. The molecule has 42 heavy (non-hydrogen) atoms. The lowest BCUT2D eigenvalue weighted by Crippen LogP contribution is -2.40. The molecule has 0 amide bonds. The fourth-order valence-corrected chi connectivity index (χ4v) is 5.27. The van der Waals surface area contributed by atoms with Gasteiger partial charge in [-0.05, 0) is 64.7 Å². The number of allylic oxidation sites excluding steroid dienone is 4. The van der Waals surface area contributed by atoms with E-state index in [4.69, 9.17) is 19.3 Å². The largest absolute Gasteiger partial charge is 0.388 e. The molecule has 0 fully saturated rings. The second-order valence-electron chi connectivity index (χ2n) is 12.8. The van der Waals surface area contributed by atoms with Crippen LogP contribution in [0.1, 0.15) is 129 Å². The van der Waals surface area contributed by atoms with Gasteiger partial charge in [0, 0.05) is 13.7 Å². The molecule has 0 aromatic carbocycles. The van der Waals surface area contributed by atoms with Gasteiger partial charge < -0.3 is 28.9 Å². The molecule has 0 rings (SSSR count). The molecule has 0 spiro atoms. The van der Waals surface area contributed by atoms with E-state index in [1.807, 2.05) is 21.1 Å². The zero-order chi connectivity index (χ0) is 32.0. The maximum absolute atomic E-state index is 10.7. The average molecular weight is 621 g/mol. The molecule has 2 atom stereocenters. The highest BCUT2D eigenvalue weighted by Crippen LogP contribution is 2.41. The number of methoxy groups -OCH3 is 1. The van der Waals surface area contributed by atoms with Crippen molar-refractivity contribution in [2.24, 2.45) is 0 Å². The molecule has 0 heterocycles. The number of hydrogen-bond acceptors (Lipinski definition) is 4. The Morgan fingerprint density at radius 3 is 1.45 bits per heavy atom. The molecule has 7 nitrogen and oxygen atoms in total. The fourth-order valence-electron chi connectivity index (χ4n) is 4.57. The van der Waals surface area contributed by atoms with Crippen LogP contribution in [0.25, 0.3) is 0 Å². The molecule has 1 unspecified atom stereocenters. The van der Waals surface area contributed by atoms with Gasteiger partial charge in [-0.1, -0.05) is 89.0 Å². The molecular formula is C34H71NO6P+. The van der Waals surface area contributed by atoms with Gasteiger partial charge in [-0.3, -0.25) is 4.57 Å². The number of rotatable bonds is 28. The average Bonchev–Trinajstić information content (AvgIpc) is 2.90. The lowest BCUT2D eigenvalue weighted by atomic mass is 10.1. The van der Waals surface area contributed by atoms with Crippen molar-refractivity contribution in [1.29, 1.82) is 0 Å². The number of aliphatic hydroxyl groups is 1. The number of quaternary nitrogens is 1. The fraction of sp³-hybridized carbons (Fsp3) is 0.882. The van der Waals surface area contributed by atoms with Crippen LogP contribution in [-0.2, 0) is 14.0 Å². The zero-order valence-electron chi connectivity index (χ0n) is 28.5. The van der Waals surface area contributed by atoms with Crippen molar-refractivity contribution in [2.45, 2.75) is 141 Å². The first kappa shape index (κ1) is 43.6. The molecule has 0 aromatic rings. The highest BCUT2D eigenvalue weighted by Gasteiger charge is 2.28. The van der Waals surface area contributed by atoms with E-state index in [9.17, 15) is 9.67 Å². The van der Waals surface area contributed by atoms with Gasteiger partial charge >= 0.3 is 7.60 Å². The Morgan fingerprint density at radius 2 is 1.10 bits per heavy atom. The maximum atomic E-state index is 10.7. The first-order chi connectivity index (χ1) is 19.9. The van der Waals surface area contributed by atoms with Crippen LogP contribution in [0.2, 0.25) is 0 Å². The van der Waals surface area contributed by atoms with Gasteiger partial charge in [0.1, 0.15) is 11.8 Å². The molecule has 0 aliphatic heterocycles. The Hall–Kier alpha value is -0.530. The summed E-state index contributed by atoms with van der Waals surface area (Å²) in [6, 6.07) is 0. The summed E-state index contributed by atoms with van der Waals surface area (Å²) in [6.07, 6.45) is 32.7. The minimum atomic E-state index is -3.87. The van der Waals surface area contributed by atoms with Crippen molar-refractivity contribution in [3.8, 4) is 0 Å². The number of ether oxygens (including phenoxy) is 2. The Kier molecular flexibility index (Phi) is 31.7. The molecule has 8 heteroatoms. The normalized spacial score (nSPS) is 13.9. The summed E-state index contributed by atoms with van der Waals surface area (Å²) in [6.45, 7) is 5.80. The molecule has 0 aromatic heterocycles. The minimum absolute atomic E-state index is 0.349. The third-order valence-electron chi connectivity index (χ3n) is 7.01. The van der Waals surface area contributed by atoms with Crippen molar-refractivity contribution in [1.82, 2.24) is 0 Å². The van der Waals surface area contributed by atoms with Crippen molar-refractivity contribution in [2.75, 3.05) is 54.6 Å². The number of nitrogens with zero attached hydrogens (tertiary/aromatic N) is 1. The third kappa shape index (κ3) is 37.5. The van der Waals surface area contributed by atoms with E-state index in [1.54, 1.807) is 14.0 Å².